The molecule has 0 bridgehead atoms. The fraction of sp³-hybridized carbons (Fsp3) is 0.0476. The molecule has 4 rings (SSSR count). The standard InChI is InChI=1S/C9H9NO.2C6H3N3O6/c1-11-8-2-3-9-7(6-8)4-5-10-9;2*10-7(11)4-1-5(8(12)13)3-6(2-4)9(14)15/h2-6,10H,1H3;2*1-3H. The lowest BCUT2D eigenvalue weighted by molar-refractivity contribution is -0.403. The SMILES string of the molecule is COc1ccc2[nH]ccc2c1.O=[N+]([O-])c1cc([N+](=O)[O-])cc([N+](=O)[O-])c1.O=[N+]([O-])c1cc([N+](=O)[O-])cc([N+](=O)[O-])c1. The van der Waals surface area contributed by atoms with E-state index in [2.05, 4.69) is 4.98 Å². The molecule has 1 aromatic heterocycles. The molecule has 4 aromatic rings. The molecule has 212 valence electrons. The minimum absolute atomic E-state index is 0.660. The van der Waals surface area contributed by atoms with E-state index < -0.39 is 63.7 Å². The summed E-state index contributed by atoms with van der Waals surface area (Å²) in [6.45, 7) is 0. The Balaban J connectivity index is 0.000000218. The molecule has 3 aromatic carbocycles. The van der Waals surface area contributed by atoms with Crippen molar-refractivity contribution in [2.75, 3.05) is 7.11 Å². The van der Waals surface area contributed by atoms with Crippen molar-refractivity contribution < 1.29 is 34.3 Å². The first-order chi connectivity index (χ1) is 19.2. The van der Waals surface area contributed by atoms with Crippen molar-refractivity contribution in [3.8, 4) is 5.75 Å². The first-order valence-electron chi connectivity index (χ1n) is 10.5. The first-order valence-corrected chi connectivity index (χ1v) is 10.5. The number of ether oxygens (including phenoxy) is 1. The van der Waals surface area contributed by atoms with Gasteiger partial charge >= 0.3 is 0 Å². The van der Waals surface area contributed by atoms with Crippen LogP contribution < -0.4 is 4.74 Å². The van der Waals surface area contributed by atoms with Crippen molar-refractivity contribution in [2.24, 2.45) is 0 Å². The highest BCUT2D eigenvalue weighted by atomic mass is 16.6. The Labute approximate surface area is 225 Å². The quantitative estimate of drug-likeness (QED) is 0.225. The molecule has 20 nitrogen and oxygen atoms in total. The zero-order valence-corrected chi connectivity index (χ0v) is 20.3. The summed E-state index contributed by atoms with van der Waals surface area (Å²) in [5, 5.41) is 63.1. The number of nitrogens with one attached hydrogen (secondary N) is 1. The maximum Gasteiger partial charge on any atom is 0.283 e. The third kappa shape index (κ3) is 8.46. The number of nitrogens with zero attached hydrogens (tertiary/aromatic N) is 6. The Morgan fingerprint density at radius 2 is 0.829 bits per heavy atom. The van der Waals surface area contributed by atoms with Gasteiger partial charge in [0, 0.05) is 17.1 Å². The molecular formula is C21H15N7O13. The highest BCUT2D eigenvalue weighted by Gasteiger charge is 2.22. The molecule has 0 unspecified atom stereocenters. The Hall–Kier alpha value is -6.60. The fourth-order valence-corrected chi connectivity index (χ4v) is 2.95. The second kappa shape index (κ2) is 13.3. The number of benzene rings is 3. The van der Waals surface area contributed by atoms with Gasteiger partial charge in [-0.25, -0.2) is 0 Å². The van der Waals surface area contributed by atoms with Gasteiger partial charge in [-0.3, -0.25) is 60.7 Å². The van der Waals surface area contributed by atoms with Crippen LogP contribution in [-0.4, -0.2) is 41.6 Å². The number of hydrogen-bond acceptors (Lipinski definition) is 13. The Morgan fingerprint density at radius 1 is 0.512 bits per heavy atom. The lowest BCUT2D eigenvalue weighted by atomic mass is 10.2. The molecule has 0 aliphatic carbocycles. The van der Waals surface area contributed by atoms with Gasteiger partial charge in [0.05, 0.1) is 73.0 Å². The van der Waals surface area contributed by atoms with Gasteiger partial charge in [-0.05, 0) is 24.3 Å². The van der Waals surface area contributed by atoms with E-state index in [1.54, 1.807) is 7.11 Å². The van der Waals surface area contributed by atoms with Crippen LogP contribution >= 0.6 is 0 Å². The van der Waals surface area contributed by atoms with Crippen molar-refractivity contribution >= 4 is 45.0 Å². The molecule has 0 saturated heterocycles. The third-order valence-corrected chi connectivity index (χ3v) is 4.80. The molecule has 41 heavy (non-hydrogen) atoms. The predicted octanol–water partition coefficient (Wildman–Crippen LogP) is 5.00. The van der Waals surface area contributed by atoms with E-state index in [1.165, 1.54) is 5.39 Å². The highest BCUT2D eigenvalue weighted by molar-refractivity contribution is 5.80. The van der Waals surface area contributed by atoms with E-state index in [4.69, 9.17) is 4.74 Å². The van der Waals surface area contributed by atoms with Crippen molar-refractivity contribution in [3.05, 3.63) is 128 Å². The molecule has 0 atom stereocenters. The van der Waals surface area contributed by atoms with E-state index in [9.17, 15) is 60.7 Å². The van der Waals surface area contributed by atoms with Gasteiger partial charge < -0.3 is 9.72 Å². The summed E-state index contributed by atoms with van der Waals surface area (Å²) >= 11 is 0. The van der Waals surface area contributed by atoms with Gasteiger partial charge in [0.1, 0.15) is 5.75 Å². The van der Waals surface area contributed by atoms with Crippen molar-refractivity contribution in [2.45, 2.75) is 0 Å². The lowest BCUT2D eigenvalue weighted by Gasteiger charge is -1.97. The zero-order chi connectivity index (χ0) is 30.9. The number of rotatable bonds is 7. The smallest absolute Gasteiger partial charge is 0.283 e. The van der Waals surface area contributed by atoms with Crippen LogP contribution in [0.5, 0.6) is 5.75 Å². The van der Waals surface area contributed by atoms with Gasteiger partial charge in [-0.2, -0.15) is 0 Å². The third-order valence-electron chi connectivity index (χ3n) is 4.80. The van der Waals surface area contributed by atoms with Crippen LogP contribution in [0.3, 0.4) is 0 Å². The van der Waals surface area contributed by atoms with Crippen molar-refractivity contribution in [1.29, 1.82) is 0 Å². The normalized spacial score (nSPS) is 9.78. The van der Waals surface area contributed by atoms with E-state index in [1.807, 2.05) is 30.5 Å². The summed E-state index contributed by atoms with van der Waals surface area (Å²) in [5.41, 5.74) is -2.96. The molecule has 0 aliphatic heterocycles. The van der Waals surface area contributed by atoms with Gasteiger partial charge in [0.2, 0.25) is 0 Å². The molecule has 0 aliphatic rings. The molecule has 1 heterocycles. The number of nitro groups is 6. The number of H-pyrrole nitrogens is 1. The average Bonchev–Trinajstić information content (AvgIpc) is 3.41. The van der Waals surface area contributed by atoms with Crippen molar-refractivity contribution in [3.63, 3.8) is 0 Å². The van der Waals surface area contributed by atoms with Crippen LogP contribution in [0.15, 0.2) is 66.9 Å². The second-order valence-electron chi connectivity index (χ2n) is 7.39. The van der Waals surface area contributed by atoms with Gasteiger partial charge in [0.25, 0.3) is 34.1 Å². The first kappa shape index (κ1) is 30.6. The summed E-state index contributed by atoms with van der Waals surface area (Å²) in [4.78, 5) is 59.4. The number of non-ortho nitro benzene ring substituents is 6. The molecule has 0 radical (unpaired) electrons. The van der Waals surface area contributed by atoms with Crippen LogP contribution in [0, 0.1) is 60.7 Å². The molecule has 0 saturated carbocycles. The summed E-state index contributed by atoms with van der Waals surface area (Å²) in [5.74, 6) is 0.900. The maximum absolute atomic E-state index is 10.3. The van der Waals surface area contributed by atoms with Crippen LogP contribution in [-0.2, 0) is 0 Å². The fourth-order valence-electron chi connectivity index (χ4n) is 2.95. The number of hydrogen-bond donors (Lipinski definition) is 1. The van der Waals surface area contributed by atoms with Crippen molar-refractivity contribution in [1.82, 2.24) is 4.98 Å². The van der Waals surface area contributed by atoms with E-state index in [0.29, 0.717) is 36.4 Å². The summed E-state index contributed by atoms with van der Waals surface area (Å²) < 4.78 is 5.08. The Morgan fingerprint density at radius 3 is 1.10 bits per heavy atom. The van der Waals surface area contributed by atoms with Crippen LogP contribution in [0.4, 0.5) is 34.1 Å². The van der Waals surface area contributed by atoms with Gasteiger partial charge in [-0.1, -0.05) is 0 Å². The van der Waals surface area contributed by atoms with E-state index in [-0.39, 0.29) is 0 Å². The zero-order valence-electron chi connectivity index (χ0n) is 20.3. The predicted molar refractivity (Wildman–Crippen MR) is 138 cm³/mol. The van der Waals surface area contributed by atoms with Crippen LogP contribution in [0.25, 0.3) is 10.9 Å². The topological polar surface area (TPSA) is 284 Å². The number of nitro benzene ring substituents is 6. The number of methoxy groups -OCH3 is 1. The Kier molecular flexibility index (Phi) is 9.91. The molecule has 1 N–H and O–H groups in total. The van der Waals surface area contributed by atoms with Gasteiger partial charge in [0.15, 0.2) is 0 Å². The van der Waals surface area contributed by atoms with Crippen LogP contribution in [0.2, 0.25) is 0 Å². The minimum atomic E-state index is -0.931. The van der Waals surface area contributed by atoms with Gasteiger partial charge in [-0.15, -0.1) is 0 Å². The second-order valence-corrected chi connectivity index (χ2v) is 7.39. The molecular weight excluding hydrogens is 558 g/mol. The molecule has 0 amide bonds. The minimum Gasteiger partial charge on any atom is -0.497 e. The summed E-state index contributed by atoms with van der Waals surface area (Å²) in [6.07, 6.45) is 1.92. The maximum atomic E-state index is 10.3. The average molecular weight is 573 g/mol. The number of aromatic amines is 1. The summed E-state index contributed by atoms with van der Waals surface area (Å²) in [6, 6.07) is 11.9. The van der Waals surface area contributed by atoms with Crippen LogP contribution in [0.1, 0.15) is 0 Å². The van der Waals surface area contributed by atoms with E-state index in [0.717, 1.165) is 11.3 Å². The largest absolute Gasteiger partial charge is 0.497 e. The highest BCUT2D eigenvalue weighted by Crippen LogP contribution is 2.28. The molecule has 20 heteroatoms. The number of fused-ring (bicyclic) bond motifs is 1. The number of aromatic nitrogens is 1. The monoisotopic (exact) mass is 573 g/mol. The molecule has 0 spiro atoms. The lowest BCUT2D eigenvalue weighted by Crippen LogP contribution is -1.96. The Bertz CT molecular complexity index is 1430. The van der Waals surface area contributed by atoms with E-state index >= 15 is 0 Å². The molecule has 0 fully saturated rings. The summed E-state index contributed by atoms with van der Waals surface area (Å²) in [7, 11) is 1.67.